The number of carbonyl (C=O) groups is 1. The fourth-order valence-corrected chi connectivity index (χ4v) is 4.72. The van der Waals surface area contributed by atoms with Gasteiger partial charge in [0, 0.05) is 13.1 Å². The van der Waals surface area contributed by atoms with Gasteiger partial charge in [0.1, 0.15) is 16.4 Å². The minimum atomic E-state index is -4.13. The van der Waals surface area contributed by atoms with Gasteiger partial charge in [0.25, 0.3) is 0 Å². The van der Waals surface area contributed by atoms with Gasteiger partial charge in [0.05, 0.1) is 27.0 Å². The van der Waals surface area contributed by atoms with Gasteiger partial charge in [0.15, 0.2) is 11.5 Å². The molecule has 0 saturated heterocycles. The largest absolute Gasteiger partial charge is 0.497 e. The SMILES string of the molecule is COc1ccc(S(=O)(=O)Oc2cc(CN(CC3CC3)C(=O)Nc3ccccc3OC)ccc2OC)cc1. The second-order valence-electron chi connectivity index (χ2n) is 8.65. The molecule has 3 aromatic carbocycles. The van der Waals surface area contributed by atoms with Crippen LogP contribution in [0, 0.1) is 5.92 Å². The van der Waals surface area contributed by atoms with Crippen LogP contribution in [0.15, 0.2) is 71.6 Å². The first-order valence-electron chi connectivity index (χ1n) is 11.8. The highest BCUT2D eigenvalue weighted by Crippen LogP contribution is 2.34. The smallest absolute Gasteiger partial charge is 0.339 e. The third-order valence-electron chi connectivity index (χ3n) is 5.96. The number of methoxy groups -OCH3 is 3. The van der Waals surface area contributed by atoms with Crippen LogP contribution in [0.1, 0.15) is 18.4 Å². The molecule has 2 amide bonds. The monoisotopic (exact) mass is 526 g/mol. The molecule has 196 valence electrons. The Morgan fingerprint density at radius 3 is 2.24 bits per heavy atom. The van der Waals surface area contributed by atoms with Gasteiger partial charge in [-0.05, 0) is 72.9 Å². The number of nitrogens with zero attached hydrogens (tertiary/aromatic N) is 1. The Labute approximate surface area is 217 Å². The number of amides is 2. The minimum Gasteiger partial charge on any atom is -0.497 e. The zero-order chi connectivity index (χ0) is 26.4. The van der Waals surface area contributed by atoms with E-state index in [1.54, 1.807) is 54.5 Å². The van der Waals surface area contributed by atoms with Gasteiger partial charge in [-0.15, -0.1) is 0 Å². The summed E-state index contributed by atoms with van der Waals surface area (Å²) in [6.45, 7) is 0.827. The van der Waals surface area contributed by atoms with Crippen molar-refractivity contribution in [2.45, 2.75) is 24.3 Å². The van der Waals surface area contributed by atoms with E-state index < -0.39 is 10.1 Å². The lowest BCUT2D eigenvalue weighted by Gasteiger charge is -2.24. The topological polar surface area (TPSA) is 103 Å². The molecule has 1 N–H and O–H groups in total. The number of anilines is 1. The van der Waals surface area contributed by atoms with E-state index in [0.717, 1.165) is 12.8 Å². The number of para-hydroxylation sites is 2. The van der Waals surface area contributed by atoms with Gasteiger partial charge in [-0.1, -0.05) is 18.2 Å². The molecule has 0 spiro atoms. The first kappa shape index (κ1) is 26.2. The average Bonchev–Trinajstić information content (AvgIpc) is 3.73. The minimum absolute atomic E-state index is 0.0210. The molecule has 1 aliphatic rings. The van der Waals surface area contributed by atoms with Crippen molar-refractivity contribution in [3.63, 3.8) is 0 Å². The first-order chi connectivity index (χ1) is 17.8. The van der Waals surface area contributed by atoms with Crippen LogP contribution in [0.4, 0.5) is 10.5 Å². The maximum Gasteiger partial charge on any atom is 0.339 e. The van der Waals surface area contributed by atoms with Crippen LogP contribution in [0.2, 0.25) is 0 Å². The summed E-state index contributed by atoms with van der Waals surface area (Å²) in [4.78, 5) is 14.9. The zero-order valence-electron chi connectivity index (χ0n) is 21.0. The molecule has 37 heavy (non-hydrogen) atoms. The quantitative estimate of drug-likeness (QED) is 0.354. The van der Waals surface area contributed by atoms with E-state index in [0.29, 0.717) is 35.2 Å². The van der Waals surface area contributed by atoms with E-state index in [9.17, 15) is 13.2 Å². The lowest BCUT2D eigenvalue weighted by molar-refractivity contribution is 0.206. The average molecular weight is 527 g/mol. The predicted octanol–water partition coefficient (Wildman–Crippen LogP) is 4.92. The molecule has 0 aliphatic heterocycles. The van der Waals surface area contributed by atoms with Crippen LogP contribution in [0.3, 0.4) is 0 Å². The Kier molecular flexibility index (Phi) is 8.08. The maximum absolute atomic E-state index is 13.2. The molecule has 9 nitrogen and oxygen atoms in total. The summed E-state index contributed by atoms with van der Waals surface area (Å²) in [5.41, 5.74) is 1.26. The molecule has 1 fully saturated rings. The Balaban J connectivity index is 1.55. The summed E-state index contributed by atoms with van der Waals surface area (Å²) < 4.78 is 47.1. The van der Waals surface area contributed by atoms with Crippen molar-refractivity contribution in [1.29, 1.82) is 0 Å². The lowest BCUT2D eigenvalue weighted by Crippen LogP contribution is -2.36. The van der Waals surface area contributed by atoms with Gasteiger partial charge in [-0.3, -0.25) is 0 Å². The van der Waals surface area contributed by atoms with Crippen LogP contribution in [0.5, 0.6) is 23.0 Å². The molecule has 4 rings (SSSR count). The molecule has 0 unspecified atom stereocenters. The second-order valence-corrected chi connectivity index (χ2v) is 10.2. The van der Waals surface area contributed by atoms with Gasteiger partial charge in [-0.25, -0.2) is 4.79 Å². The van der Waals surface area contributed by atoms with Crippen molar-refractivity contribution in [3.8, 4) is 23.0 Å². The number of hydrogen-bond donors (Lipinski definition) is 1. The molecule has 0 aromatic heterocycles. The van der Waals surface area contributed by atoms with Gasteiger partial charge in [0.2, 0.25) is 0 Å². The number of urea groups is 1. The molecule has 1 saturated carbocycles. The Morgan fingerprint density at radius 2 is 1.59 bits per heavy atom. The Hall–Kier alpha value is -3.92. The number of ether oxygens (including phenoxy) is 3. The highest BCUT2D eigenvalue weighted by atomic mass is 32.2. The van der Waals surface area contributed by atoms with E-state index >= 15 is 0 Å². The van der Waals surface area contributed by atoms with E-state index in [2.05, 4.69) is 5.32 Å². The van der Waals surface area contributed by atoms with Crippen LogP contribution in [-0.2, 0) is 16.7 Å². The highest BCUT2D eigenvalue weighted by Gasteiger charge is 2.28. The highest BCUT2D eigenvalue weighted by molar-refractivity contribution is 7.87. The molecule has 0 atom stereocenters. The third-order valence-corrected chi connectivity index (χ3v) is 7.21. The normalized spacial score (nSPS) is 12.9. The van der Waals surface area contributed by atoms with E-state index in [1.807, 2.05) is 12.1 Å². The molecule has 1 aliphatic carbocycles. The number of carbonyl (C=O) groups excluding carboxylic acids is 1. The second kappa shape index (κ2) is 11.4. The fourth-order valence-electron chi connectivity index (χ4n) is 3.79. The fraction of sp³-hybridized carbons (Fsp3) is 0.296. The van der Waals surface area contributed by atoms with Crippen LogP contribution >= 0.6 is 0 Å². The van der Waals surface area contributed by atoms with Crippen molar-refractivity contribution >= 4 is 21.8 Å². The van der Waals surface area contributed by atoms with Gasteiger partial charge < -0.3 is 28.6 Å². The molecule has 3 aromatic rings. The van der Waals surface area contributed by atoms with Gasteiger partial charge in [-0.2, -0.15) is 8.42 Å². The van der Waals surface area contributed by atoms with E-state index in [4.69, 9.17) is 18.4 Å². The van der Waals surface area contributed by atoms with Gasteiger partial charge >= 0.3 is 16.1 Å². The predicted molar refractivity (Wildman–Crippen MR) is 139 cm³/mol. The standard InChI is InChI=1S/C27H30N2O7S/c1-33-21-11-13-22(14-12-21)37(31,32)36-26-16-20(10-15-25(26)35-3)18-29(17-19-8-9-19)27(30)28-23-6-4-5-7-24(23)34-2/h4-7,10-16,19H,8-9,17-18H2,1-3H3,(H,28,30). The summed E-state index contributed by atoms with van der Waals surface area (Å²) >= 11 is 0. The Morgan fingerprint density at radius 1 is 0.892 bits per heavy atom. The molecular formula is C27H30N2O7S. The number of nitrogens with one attached hydrogen (secondary N) is 1. The first-order valence-corrected chi connectivity index (χ1v) is 13.2. The summed E-state index contributed by atoms with van der Waals surface area (Å²) in [5, 5.41) is 2.92. The summed E-state index contributed by atoms with van der Waals surface area (Å²) in [6.07, 6.45) is 2.13. The van der Waals surface area contributed by atoms with Crippen molar-refractivity contribution in [2.24, 2.45) is 5.92 Å². The Bertz CT molecular complexity index is 1340. The molecular weight excluding hydrogens is 496 g/mol. The molecule has 0 heterocycles. The van der Waals surface area contributed by atoms with Crippen molar-refractivity contribution < 1.29 is 31.6 Å². The molecule has 0 bridgehead atoms. The van der Waals surface area contributed by atoms with E-state index in [1.165, 1.54) is 26.4 Å². The zero-order valence-corrected chi connectivity index (χ0v) is 21.8. The van der Waals surface area contributed by atoms with Crippen LogP contribution < -0.4 is 23.7 Å². The number of hydrogen-bond acceptors (Lipinski definition) is 7. The summed E-state index contributed by atoms with van der Waals surface area (Å²) in [6, 6.07) is 17.8. The number of rotatable bonds is 11. The third kappa shape index (κ3) is 6.65. The summed E-state index contributed by atoms with van der Waals surface area (Å²) in [7, 11) is 0.347. The van der Waals surface area contributed by atoms with Crippen LogP contribution in [0.25, 0.3) is 0 Å². The van der Waals surface area contributed by atoms with Crippen molar-refractivity contribution in [3.05, 3.63) is 72.3 Å². The summed E-state index contributed by atoms with van der Waals surface area (Å²) in [5.74, 6) is 1.82. The van der Waals surface area contributed by atoms with E-state index in [-0.39, 0.29) is 29.0 Å². The van der Waals surface area contributed by atoms with Crippen molar-refractivity contribution in [1.82, 2.24) is 4.90 Å². The molecule has 0 radical (unpaired) electrons. The van der Waals surface area contributed by atoms with Crippen molar-refractivity contribution in [2.75, 3.05) is 33.2 Å². The van der Waals surface area contributed by atoms with Crippen LogP contribution in [-0.4, -0.2) is 47.2 Å². The lowest BCUT2D eigenvalue weighted by atomic mass is 10.2. The number of benzene rings is 3. The molecule has 10 heteroatoms. The maximum atomic E-state index is 13.2.